The number of hydrogen-bond donors (Lipinski definition) is 2. The molecule has 1 atom stereocenters. The van der Waals surface area contributed by atoms with E-state index < -0.39 is 0 Å². The summed E-state index contributed by atoms with van der Waals surface area (Å²) in [5.74, 6) is 1.65. The zero-order valence-electron chi connectivity index (χ0n) is 17.9. The molecule has 1 aliphatic rings. The van der Waals surface area contributed by atoms with E-state index in [4.69, 9.17) is 10.00 Å². The molecule has 3 rings (SSSR count). The van der Waals surface area contributed by atoms with E-state index >= 15 is 0 Å². The van der Waals surface area contributed by atoms with E-state index in [-0.39, 0.29) is 6.04 Å². The zero-order chi connectivity index (χ0) is 21.2. The first-order chi connectivity index (χ1) is 14.7. The van der Waals surface area contributed by atoms with Crippen molar-refractivity contribution in [2.24, 2.45) is 4.99 Å². The minimum atomic E-state index is 0.282. The molecule has 1 saturated heterocycles. The molecule has 2 N–H and O–H groups in total. The highest BCUT2D eigenvalue weighted by molar-refractivity contribution is 5.79. The van der Waals surface area contributed by atoms with Gasteiger partial charge in [-0.05, 0) is 61.3 Å². The lowest BCUT2D eigenvalue weighted by Crippen LogP contribution is -2.44. The Morgan fingerprint density at radius 3 is 2.37 bits per heavy atom. The molecular formula is C24H31N5O. The lowest BCUT2D eigenvalue weighted by molar-refractivity contribution is 0.164. The van der Waals surface area contributed by atoms with E-state index in [0.29, 0.717) is 12.1 Å². The largest absolute Gasteiger partial charge is 0.497 e. The quantitative estimate of drug-likeness (QED) is 0.545. The third-order valence-corrected chi connectivity index (χ3v) is 5.56. The molecule has 0 amide bonds. The van der Waals surface area contributed by atoms with Crippen LogP contribution in [0, 0.1) is 11.3 Å². The van der Waals surface area contributed by atoms with E-state index in [9.17, 15) is 0 Å². The highest BCUT2D eigenvalue weighted by Gasteiger charge is 2.22. The number of nitrogens with one attached hydrogen (secondary N) is 2. The number of hydrogen-bond acceptors (Lipinski definition) is 4. The Morgan fingerprint density at radius 1 is 1.07 bits per heavy atom. The molecule has 2 aromatic rings. The molecule has 30 heavy (non-hydrogen) atoms. The number of rotatable bonds is 7. The molecular weight excluding hydrogens is 374 g/mol. The molecule has 2 aromatic carbocycles. The number of piperidine rings is 1. The highest BCUT2D eigenvalue weighted by Crippen LogP contribution is 2.25. The average molecular weight is 406 g/mol. The molecule has 1 unspecified atom stereocenters. The molecule has 1 heterocycles. The predicted octanol–water partition coefficient (Wildman–Crippen LogP) is 3.46. The van der Waals surface area contributed by atoms with Crippen LogP contribution in [0.2, 0.25) is 0 Å². The smallest absolute Gasteiger partial charge is 0.191 e. The lowest BCUT2D eigenvalue weighted by atomic mass is 10.0. The molecule has 6 heteroatoms. The van der Waals surface area contributed by atoms with E-state index in [1.807, 2.05) is 36.4 Å². The predicted molar refractivity (Wildman–Crippen MR) is 121 cm³/mol. The maximum Gasteiger partial charge on any atom is 0.191 e. The van der Waals surface area contributed by atoms with Crippen molar-refractivity contribution in [3.05, 3.63) is 65.2 Å². The first kappa shape index (κ1) is 21.7. The van der Waals surface area contributed by atoms with E-state index in [2.05, 4.69) is 38.7 Å². The van der Waals surface area contributed by atoms with Crippen molar-refractivity contribution in [1.82, 2.24) is 15.5 Å². The Hall–Kier alpha value is -3.04. The first-order valence-corrected chi connectivity index (χ1v) is 10.5. The third-order valence-electron chi connectivity index (χ3n) is 5.56. The summed E-state index contributed by atoms with van der Waals surface area (Å²) in [7, 11) is 3.49. The lowest BCUT2D eigenvalue weighted by Gasteiger charge is -2.35. The second-order valence-electron chi connectivity index (χ2n) is 7.50. The van der Waals surface area contributed by atoms with Crippen molar-refractivity contribution >= 4 is 5.96 Å². The second-order valence-corrected chi connectivity index (χ2v) is 7.50. The molecule has 1 aliphatic heterocycles. The van der Waals surface area contributed by atoms with Crippen LogP contribution in [-0.2, 0) is 6.54 Å². The van der Waals surface area contributed by atoms with Gasteiger partial charge in [-0.25, -0.2) is 0 Å². The highest BCUT2D eigenvalue weighted by atomic mass is 16.5. The fourth-order valence-corrected chi connectivity index (χ4v) is 3.81. The molecule has 6 nitrogen and oxygen atoms in total. The second kappa shape index (κ2) is 11.2. The number of guanidine groups is 1. The van der Waals surface area contributed by atoms with Crippen LogP contribution in [-0.4, -0.2) is 44.7 Å². The van der Waals surface area contributed by atoms with Crippen LogP contribution in [0.5, 0.6) is 5.75 Å². The van der Waals surface area contributed by atoms with Crippen LogP contribution in [0.25, 0.3) is 0 Å². The Bertz CT molecular complexity index is 849. The SMILES string of the molecule is CN=C(NCc1ccc(C#N)cc1)NCC(c1ccc(OC)cc1)N1CCCCC1. The molecule has 158 valence electrons. The Morgan fingerprint density at radius 2 is 1.77 bits per heavy atom. The van der Waals surface area contributed by atoms with Gasteiger partial charge < -0.3 is 15.4 Å². The van der Waals surface area contributed by atoms with E-state index in [0.717, 1.165) is 36.9 Å². The zero-order valence-corrected chi connectivity index (χ0v) is 17.9. The number of aliphatic imine (C=N–C) groups is 1. The maximum atomic E-state index is 8.93. The van der Waals surface area contributed by atoms with Gasteiger partial charge in [0.25, 0.3) is 0 Å². The van der Waals surface area contributed by atoms with Crippen LogP contribution in [0.4, 0.5) is 0 Å². The van der Waals surface area contributed by atoms with Gasteiger partial charge in [-0.3, -0.25) is 9.89 Å². The van der Waals surface area contributed by atoms with Crippen molar-refractivity contribution in [2.75, 3.05) is 33.8 Å². The van der Waals surface area contributed by atoms with Crippen molar-refractivity contribution in [1.29, 1.82) is 5.26 Å². The monoisotopic (exact) mass is 405 g/mol. The van der Waals surface area contributed by atoms with E-state index in [1.54, 1.807) is 14.2 Å². The van der Waals surface area contributed by atoms with Gasteiger partial charge in [-0.15, -0.1) is 0 Å². The summed E-state index contributed by atoms with van der Waals surface area (Å²) in [5, 5.41) is 15.8. The summed E-state index contributed by atoms with van der Waals surface area (Å²) in [6, 6.07) is 18.4. The topological polar surface area (TPSA) is 72.7 Å². The van der Waals surface area contributed by atoms with Crippen molar-refractivity contribution in [3.63, 3.8) is 0 Å². The molecule has 0 saturated carbocycles. The summed E-state index contributed by atoms with van der Waals surface area (Å²) in [6.45, 7) is 3.67. The maximum absolute atomic E-state index is 8.93. The normalized spacial score (nSPS) is 15.8. The average Bonchev–Trinajstić information content (AvgIpc) is 2.82. The van der Waals surface area contributed by atoms with Gasteiger partial charge in [0.15, 0.2) is 5.96 Å². The molecule has 0 spiro atoms. The summed E-state index contributed by atoms with van der Waals surface area (Å²) < 4.78 is 5.32. The van der Waals surface area contributed by atoms with Crippen LogP contribution in [0.3, 0.4) is 0 Å². The van der Waals surface area contributed by atoms with Crippen LogP contribution >= 0.6 is 0 Å². The molecule has 0 aromatic heterocycles. The van der Waals surface area contributed by atoms with Gasteiger partial charge >= 0.3 is 0 Å². The van der Waals surface area contributed by atoms with Gasteiger partial charge in [0.2, 0.25) is 0 Å². The van der Waals surface area contributed by atoms with E-state index in [1.165, 1.54) is 24.8 Å². The minimum absolute atomic E-state index is 0.282. The van der Waals surface area contributed by atoms with Crippen molar-refractivity contribution in [3.8, 4) is 11.8 Å². The van der Waals surface area contributed by atoms with Gasteiger partial charge in [-0.2, -0.15) is 5.26 Å². The van der Waals surface area contributed by atoms with Crippen LogP contribution < -0.4 is 15.4 Å². The fraction of sp³-hybridized carbons (Fsp3) is 0.417. The van der Waals surface area contributed by atoms with Gasteiger partial charge in [0.1, 0.15) is 5.75 Å². The van der Waals surface area contributed by atoms with Crippen molar-refractivity contribution in [2.45, 2.75) is 31.8 Å². The Labute approximate surface area is 179 Å². The number of nitrogens with zero attached hydrogens (tertiary/aromatic N) is 3. The molecule has 1 fully saturated rings. The summed E-state index contributed by atoms with van der Waals surface area (Å²) in [6.07, 6.45) is 3.81. The standard InChI is InChI=1S/C24H31N5O/c1-26-24(27-17-20-8-6-19(16-25)7-9-20)28-18-23(29-14-4-3-5-15-29)21-10-12-22(30-2)13-11-21/h6-13,23H,3-5,14-15,17-18H2,1-2H3,(H2,26,27,28). The summed E-state index contributed by atoms with van der Waals surface area (Å²) in [5.41, 5.74) is 3.07. The van der Waals surface area contributed by atoms with Crippen LogP contribution in [0.15, 0.2) is 53.5 Å². The number of methoxy groups -OCH3 is 1. The molecule has 0 bridgehead atoms. The van der Waals surface area contributed by atoms with Crippen LogP contribution in [0.1, 0.15) is 42.0 Å². The summed E-state index contributed by atoms with van der Waals surface area (Å²) >= 11 is 0. The number of ether oxygens (including phenoxy) is 1. The molecule has 0 radical (unpaired) electrons. The fourth-order valence-electron chi connectivity index (χ4n) is 3.81. The van der Waals surface area contributed by atoms with Gasteiger partial charge in [0.05, 0.1) is 24.8 Å². The van der Waals surface area contributed by atoms with Gasteiger partial charge in [0, 0.05) is 20.1 Å². The number of benzene rings is 2. The number of likely N-dealkylation sites (tertiary alicyclic amines) is 1. The molecule has 0 aliphatic carbocycles. The minimum Gasteiger partial charge on any atom is -0.497 e. The number of nitriles is 1. The van der Waals surface area contributed by atoms with Gasteiger partial charge in [-0.1, -0.05) is 30.7 Å². The first-order valence-electron chi connectivity index (χ1n) is 10.5. The summed E-state index contributed by atoms with van der Waals surface area (Å²) in [4.78, 5) is 6.94. The van der Waals surface area contributed by atoms with Crippen molar-refractivity contribution < 1.29 is 4.74 Å². The Balaban J connectivity index is 1.62. The Kier molecular flexibility index (Phi) is 8.10. The third kappa shape index (κ3) is 5.98.